The first-order chi connectivity index (χ1) is 11.0. The molecule has 0 aliphatic carbocycles. The average Bonchev–Trinajstić information content (AvgIpc) is 2.59. The van der Waals surface area contributed by atoms with Gasteiger partial charge in [0.15, 0.2) is 0 Å². The van der Waals surface area contributed by atoms with E-state index in [9.17, 15) is 4.79 Å². The van der Waals surface area contributed by atoms with Crippen molar-refractivity contribution < 1.29 is 4.79 Å². The number of hydrogen-bond donors (Lipinski definition) is 0. The molecule has 3 nitrogen and oxygen atoms in total. The Morgan fingerprint density at radius 1 is 1.22 bits per heavy atom. The van der Waals surface area contributed by atoms with E-state index in [1.807, 2.05) is 11.9 Å². The summed E-state index contributed by atoms with van der Waals surface area (Å²) >= 11 is 0. The Balaban J connectivity index is 1.81. The van der Waals surface area contributed by atoms with Gasteiger partial charge in [0.05, 0.1) is 0 Å². The van der Waals surface area contributed by atoms with Crippen LogP contribution in [0, 0.1) is 5.92 Å². The third kappa shape index (κ3) is 5.07. The molecule has 3 heteroatoms. The van der Waals surface area contributed by atoms with E-state index in [1.165, 1.54) is 24.0 Å². The molecule has 0 N–H and O–H groups in total. The second-order valence-electron chi connectivity index (χ2n) is 7.06. The van der Waals surface area contributed by atoms with Crippen LogP contribution >= 0.6 is 0 Å². The zero-order valence-electron chi connectivity index (χ0n) is 15.2. The molecule has 1 fully saturated rings. The summed E-state index contributed by atoms with van der Waals surface area (Å²) < 4.78 is 0. The van der Waals surface area contributed by atoms with Crippen molar-refractivity contribution in [3.8, 4) is 0 Å². The predicted molar refractivity (Wildman–Crippen MR) is 96.6 cm³/mol. The molecule has 0 saturated carbocycles. The van der Waals surface area contributed by atoms with Crippen LogP contribution in [0.15, 0.2) is 24.3 Å². The number of carbonyl (C=O) groups is 1. The molecule has 2 rings (SSSR count). The number of rotatable bonds is 6. The van der Waals surface area contributed by atoms with Crippen LogP contribution in [0.2, 0.25) is 0 Å². The van der Waals surface area contributed by atoms with Gasteiger partial charge >= 0.3 is 0 Å². The number of carbonyl (C=O) groups excluding carboxylic acids is 1. The van der Waals surface area contributed by atoms with E-state index >= 15 is 0 Å². The fraction of sp³-hybridized carbons (Fsp3) is 0.650. The Bertz CT molecular complexity index is 489. The van der Waals surface area contributed by atoms with Gasteiger partial charge in [-0.05, 0) is 69.8 Å². The van der Waals surface area contributed by atoms with Crippen molar-refractivity contribution in [2.45, 2.75) is 52.0 Å². The molecule has 1 heterocycles. The van der Waals surface area contributed by atoms with Crippen LogP contribution in [-0.4, -0.2) is 48.9 Å². The van der Waals surface area contributed by atoms with Gasteiger partial charge in [-0.15, -0.1) is 0 Å². The van der Waals surface area contributed by atoms with E-state index in [4.69, 9.17) is 0 Å². The molecule has 1 amide bonds. The molecule has 0 bridgehead atoms. The summed E-state index contributed by atoms with van der Waals surface area (Å²) in [5.74, 6) is 0.917. The standard InChI is InChI=1S/C20H32N2O/c1-5-17-6-8-18(9-7-17)10-11-20(23)22(4)16(2)19-12-14-21(3)15-13-19/h6-9,16,19H,5,10-15H2,1-4H3/t16-/m0/s1. The van der Waals surface area contributed by atoms with Crippen LogP contribution in [0.5, 0.6) is 0 Å². The summed E-state index contributed by atoms with van der Waals surface area (Å²) in [6, 6.07) is 9.01. The Morgan fingerprint density at radius 2 is 1.78 bits per heavy atom. The highest BCUT2D eigenvalue weighted by molar-refractivity contribution is 5.76. The number of nitrogens with zero attached hydrogens (tertiary/aromatic N) is 2. The topological polar surface area (TPSA) is 23.6 Å². The van der Waals surface area contributed by atoms with Crippen molar-refractivity contribution in [3.05, 3.63) is 35.4 Å². The number of benzene rings is 1. The Kier molecular flexibility index (Phi) is 6.64. The van der Waals surface area contributed by atoms with E-state index in [-0.39, 0.29) is 5.91 Å². The highest BCUT2D eigenvalue weighted by Gasteiger charge is 2.27. The van der Waals surface area contributed by atoms with Gasteiger partial charge in [-0.2, -0.15) is 0 Å². The van der Waals surface area contributed by atoms with Crippen molar-refractivity contribution in [1.82, 2.24) is 9.80 Å². The minimum atomic E-state index is 0.274. The van der Waals surface area contributed by atoms with Crippen LogP contribution in [0.1, 0.15) is 44.2 Å². The maximum absolute atomic E-state index is 12.5. The second-order valence-corrected chi connectivity index (χ2v) is 7.06. The molecule has 1 saturated heterocycles. The average molecular weight is 316 g/mol. The van der Waals surface area contributed by atoms with Gasteiger partial charge in [0.25, 0.3) is 0 Å². The third-order valence-electron chi connectivity index (χ3n) is 5.51. The quantitative estimate of drug-likeness (QED) is 0.803. The van der Waals surface area contributed by atoms with Gasteiger partial charge in [0, 0.05) is 19.5 Å². The lowest BCUT2D eigenvalue weighted by molar-refractivity contribution is -0.132. The highest BCUT2D eigenvalue weighted by atomic mass is 16.2. The number of piperidine rings is 1. The number of hydrogen-bond acceptors (Lipinski definition) is 2. The van der Waals surface area contributed by atoms with Gasteiger partial charge < -0.3 is 9.80 Å². The summed E-state index contributed by atoms with van der Waals surface area (Å²) in [5.41, 5.74) is 2.61. The van der Waals surface area contributed by atoms with E-state index in [0.29, 0.717) is 18.4 Å². The second kappa shape index (κ2) is 8.49. The Morgan fingerprint density at radius 3 is 2.35 bits per heavy atom. The lowest BCUT2D eigenvalue weighted by atomic mass is 9.89. The molecule has 0 unspecified atom stereocenters. The summed E-state index contributed by atoms with van der Waals surface area (Å²) in [6.07, 6.45) is 4.92. The SMILES string of the molecule is CCc1ccc(CCC(=O)N(C)[C@@H](C)C2CCN(C)CC2)cc1. The van der Waals surface area contributed by atoms with E-state index in [2.05, 4.69) is 50.1 Å². The van der Waals surface area contributed by atoms with Crippen LogP contribution in [-0.2, 0) is 17.6 Å². The molecule has 1 aromatic rings. The number of likely N-dealkylation sites (tertiary alicyclic amines) is 1. The lowest BCUT2D eigenvalue weighted by Crippen LogP contribution is -2.44. The van der Waals surface area contributed by atoms with Gasteiger partial charge in [0.2, 0.25) is 5.91 Å². The van der Waals surface area contributed by atoms with E-state index in [1.54, 1.807) is 0 Å². The van der Waals surface area contributed by atoms with Gasteiger partial charge in [-0.25, -0.2) is 0 Å². The van der Waals surface area contributed by atoms with E-state index < -0.39 is 0 Å². The van der Waals surface area contributed by atoms with Crippen LogP contribution in [0.25, 0.3) is 0 Å². The molecule has 1 atom stereocenters. The Hall–Kier alpha value is -1.35. The number of amides is 1. The third-order valence-corrected chi connectivity index (χ3v) is 5.51. The first kappa shape index (κ1) is 18.0. The molecular formula is C20H32N2O. The maximum Gasteiger partial charge on any atom is 0.222 e. The lowest BCUT2D eigenvalue weighted by Gasteiger charge is -2.37. The molecule has 1 aliphatic rings. The smallest absolute Gasteiger partial charge is 0.222 e. The molecule has 1 aliphatic heterocycles. The van der Waals surface area contributed by atoms with Crippen molar-refractivity contribution in [2.24, 2.45) is 5.92 Å². The fourth-order valence-electron chi connectivity index (χ4n) is 3.42. The predicted octanol–water partition coefficient (Wildman–Crippen LogP) is 3.37. The van der Waals surface area contributed by atoms with Crippen molar-refractivity contribution in [2.75, 3.05) is 27.2 Å². The molecule has 1 aromatic carbocycles. The molecule has 23 heavy (non-hydrogen) atoms. The van der Waals surface area contributed by atoms with Gasteiger partial charge in [-0.3, -0.25) is 4.79 Å². The maximum atomic E-state index is 12.5. The van der Waals surface area contributed by atoms with Crippen molar-refractivity contribution in [1.29, 1.82) is 0 Å². The number of aryl methyl sites for hydroxylation is 2. The zero-order chi connectivity index (χ0) is 16.8. The highest BCUT2D eigenvalue weighted by Crippen LogP contribution is 2.23. The first-order valence-electron chi connectivity index (χ1n) is 9.03. The molecule has 0 aromatic heterocycles. The molecule has 128 valence electrons. The van der Waals surface area contributed by atoms with Crippen LogP contribution in [0.3, 0.4) is 0 Å². The minimum Gasteiger partial charge on any atom is -0.343 e. The van der Waals surface area contributed by atoms with E-state index in [0.717, 1.165) is 25.9 Å². The van der Waals surface area contributed by atoms with Crippen molar-refractivity contribution >= 4 is 5.91 Å². The summed E-state index contributed by atoms with van der Waals surface area (Å²) in [6.45, 7) is 6.68. The van der Waals surface area contributed by atoms with Gasteiger partial charge in [-0.1, -0.05) is 31.2 Å². The summed E-state index contributed by atoms with van der Waals surface area (Å²) in [5, 5.41) is 0. The molecule has 0 radical (unpaired) electrons. The summed E-state index contributed by atoms with van der Waals surface area (Å²) in [7, 11) is 4.16. The Labute approximate surface area is 141 Å². The van der Waals surface area contributed by atoms with Crippen molar-refractivity contribution in [3.63, 3.8) is 0 Å². The first-order valence-corrected chi connectivity index (χ1v) is 9.03. The summed E-state index contributed by atoms with van der Waals surface area (Å²) in [4.78, 5) is 16.9. The minimum absolute atomic E-state index is 0.274. The zero-order valence-corrected chi connectivity index (χ0v) is 15.2. The largest absolute Gasteiger partial charge is 0.343 e. The molecule has 0 spiro atoms. The molecular weight excluding hydrogens is 284 g/mol. The van der Waals surface area contributed by atoms with Crippen LogP contribution < -0.4 is 0 Å². The normalized spacial score (nSPS) is 17.9. The van der Waals surface area contributed by atoms with Gasteiger partial charge in [0.1, 0.15) is 0 Å². The van der Waals surface area contributed by atoms with Crippen LogP contribution in [0.4, 0.5) is 0 Å². The fourth-order valence-corrected chi connectivity index (χ4v) is 3.42. The monoisotopic (exact) mass is 316 g/mol.